The summed E-state index contributed by atoms with van der Waals surface area (Å²) in [6, 6.07) is 5.85. The maximum atomic E-state index is 10.0. The predicted octanol–water partition coefficient (Wildman–Crippen LogP) is 3.04. The Hall–Kier alpha value is -0.540. The molecule has 2 aliphatic rings. The number of halogens is 1. The Bertz CT molecular complexity index is 387. The van der Waals surface area contributed by atoms with Crippen molar-refractivity contribution in [3.63, 3.8) is 0 Å². The Balaban J connectivity index is 1.93. The summed E-state index contributed by atoms with van der Waals surface area (Å²) in [4.78, 5) is 0. The van der Waals surface area contributed by atoms with Crippen molar-refractivity contribution in [3.05, 3.63) is 28.2 Å². The molecule has 1 aliphatic carbocycles. The monoisotopic (exact) mass is 268 g/mol. The van der Waals surface area contributed by atoms with Crippen LogP contribution in [0.5, 0.6) is 5.75 Å². The molecule has 1 fully saturated rings. The maximum Gasteiger partial charge on any atom is 0.125 e. The van der Waals surface area contributed by atoms with Crippen LogP contribution in [0.4, 0.5) is 0 Å². The molecule has 1 aromatic carbocycles. The average molecular weight is 269 g/mol. The average Bonchev–Trinajstić information content (AvgIpc) is 3.02. The Kier molecular flexibility index (Phi) is 2.25. The van der Waals surface area contributed by atoms with Crippen LogP contribution in [0, 0.1) is 5.92 Å². The van der Waals surface area contributed by atoms with E-state index in [0.717, 1.165) is 22.2 Å². The molecule has 1 saturated carbocycles. The van der Waals surface area contributed by atoms with Crippen LogP contribution in [0.3, 0.4) is 0 Å². The van der Waals surface area contributed by atoms with Gasteiger partial charge >= 0.3 is 0 Å². The summed E-state index contributed by atoms with van der Waals surface area (Å²) in [6.45, 7) is 0. The highest BCUT2D eigenvalue weighted by atomic mass is 79.9. The van der Waals surface area contributed by atoms with E-state index in [4.69, 9.17) is 4.74 Å². The molecule has 0 amide bonds. The molecule has 15 heavy (non-hydrogen) atoms. The number of hydrogen-bond donors (Lipinski definition) is 1. The van der Waals surface area contributed by atoms with Crippen molar-refractivity contribution in [2.45, 2.75) is 31.5 Å². The maximum absolute atomic E-state index is 10.0. The lowest BCUT2D eigenvalue weighted by molar-refractivity contribution is 0.0550. The molecule has 0 bridgehead atoms. The first-order valence-corrected chi connectivity index (χ1v) is 6.17. The standard InChI is InChI=1S/C12H13BrO2/c13-8-3-4-11-9(5-8)10(14)6-12(15-11)7-1-2-7/h3-5,7,10,12,14H,1-2,6H2/t10-,12?/m1/s1. The fourth-order valence-corrected chi connectivity index (χ4v) is 2.58. The summed E-state index contributed by atoms with van der Waals surface area (Å²) in [6.07, 6.45) is 3.12. The van der Waals surface area contributed by atoms with Crippen molar-refractivity contribution >= 4 is 15.9 Å². The zero-order chi connectivity index (χ0) is 10.4. The Morgan fingerprint density at radius 1 is 1.33 bits per heavy atom. The largest absolute Gasteiger partial charge is 0.490 e. The van der Waals surface area contributed by atoms with Crippen molar-refractivity contribution in [2.24, 2.45) is 5.92 Å². The number of fused-ring (bicyclic) bond motifs is 1. The van der Waals surface area contributed by atoms with E-state index in [2.05, 4.69) is 15.9 Å². The van der Waals surface area contributed by atoms with Crippen molar-refractivity contribution in [3.8, 4) is 5.75 Å². The number of benzene rings is 1. The van der Waals surface area contributed by atoms with Gasteiger partial charge in [-0.25, -0.2) is 0 Å². The molecule has 1 heterocycles. The lowest BCUT2D eigenvalue weighted by Crippen LogP contribution is -2.27. The molecule has 0 radical (unpaired) electrons. The minimum Gasteiger partial charge on any atom is -0.490 e. The summed E-state index contributed by atoms with van der Waals surface area (Å²) < 4.78 is 6.89. The molecule has 3 rings (SSSR count). The molecule has 1 aromatic rings. The van der Waals surface area contributed by atoms with Crippen LogP contribution in [0.15, 0.2) is 22.7 Å². The van der Waals surface area contributed by atoms with Gasteiger partial charge in [0.05, 0.1) is 6.10 Å². The minimum absolute atomic E-state index is 0.230. The van der Waals surface area contributed by atoms with Gasteiger partial charge in [0, 0.05) is 16.5 Å². The van der Waals surface area contributed by atoms with E-state index < -0.39 is 0 Å². The molecule has 2 atom stereocenters. The van der Waals surface area contributed by atoms with E-state index >= 15 is 0 Å². The van der Waals surface area contributed by atoms with E-state index in [9.17, 15) is 5.11 Å². The van der Waals surface area contributed by atoms with Gasteiger partial charge in [-0.2, -0.15) is 0 Å². The van der Waals surface area contributed by atoms with Crippen LogP contribution < -0.4 is 4.74 Å². The van der Waals surface area contributed by atoms with E-state index in [1.165, 1.54) is 12.8 Å². The number of ether oxygens (including phenoxy) is 1. The minimum atomic E-state index is -0.364. The van der Waals surface area contributed by atoms with Gasteiger partial charge in [0.2, 0.25) is 0 Å². The van der Waals surface area contributed by atoms with Gasteiger partial charge in [-0.3, -0.25) is 0 Å². The first-order valence-electron chi connectivity index (χ1n) is 5.38. The molecule has 1 unspecified atom stereocenters. The van der Waals surface area contributed by atoms with Crippen LogP contribution >= 0.6 is 15.9 Å². The third-order valence-corrected chi connectivity index (χ3v) is 3.71. The van der Waals surface area contributed by atoms with Crippen molar-refractivity contribution in [2.75, 3.05) is 0 Å². The zero-order valence-electron chi connectivity index (χ0n) is 8.32. The van der Waals surface area contributed by atoms with Crippen molar-refractivity contribution in [1.29, 1.82) is 0 Å². The topological polar surface area (TPSA) is 29.5 Å². The number of rotatable bonds is 1. The second-order valence-corrected chi connectivity index (χ2v) is 5.34. The van der Waals surface area contributed by atoms with Crippen LogP contribution in [0.25, 0.3) is 0 Å². The number of hydrogen-bond acceptors (Lipinski definition) is 2. The van der Waals surface area contributed by atoms with E-state index in [-0.39, 0.29) is 12.2 Å². The molecular formula is C12H13BrO2. The zero-order valence-corrected chi connectivity index (χ0v) is 9.90. The smallest absolute Gasteiger partial charge is 0.125 e. The lowest BCUT2D eigenvalue weighted by Gasteiger charge is -2.29. The fourth-order valence-electron chi connectivity index (χ4n) is 2.20. The fraction of sp³-hybridized carbons (Fsp3) is 0.500. The summed E-state index contributed by atoms with van der Waals surface area (Å²) in [5.74, 6) is 1.53. The summed E-state index contributed by atoms with van der Waals surface area (Å²) >= 11 is 3.41. The quantitative estimate of drug-likeness (QED) is 0.849. The van der Waals surface area contributed by atoms with Gasteiger partial charge in [-0.05, 0) is 37.0 Å². The van der Waals surface area contributed by atoms with Gasteiger partial charge < -0.3 is 9.84 Å². The highest BCUT2D eigenvalue weighted by Crippen LogP contribution is 2.44. The number of aliphatic hydroxyl groups is 1. The van der Waals surface area contributed by atoms with Gasteiger partial charge in [-0.15, -0.1) is 0 Å². The molecule has 2 nitrogen and oxygen atoms in total. The highest BCUT2D eigenvalue weighted by molar-refractivity contribution is 9.10. The molecular weight excluding hydrogens is 256 g/mol. The van der Waals surface area contributed by atoms with E-state index in [0.29, 0.717) is 5.92 Å². The van der Waals surface area contributed by atoms with Crippen LogP contribution in [-0.2, 0) is 0 Å². The summed E-state index contributed by atoms with van der Waals surface area (Å²) in [5, 5.41) is 10.0. The third-order valence-electron chi connectivity index (χ3n) is 3.21. The molecule has 1 aliphatic heterocycles. The molecule has 80 valence electrons. The Morgan fingerprint density at radius 2 is 2.13 bits per heavy atom. The van der Waals surface area contributed by atoms with Gasteiger partial charge in [0.25, 0.3) is 0 Å². The normalized spacial score (nSPS) is 29.5. The Labute approximate surface area is 97.4 Å². The molecule has 0 spiro atoms. The predicted molar refractivity (Wildman–Crippen MR) is 60.9 cm³/mol. The van der Waals surface area contributed by atoms with E-state index in [1.807, 2.05) is 18.2 Å². The van der Waals surface area contributed by atoms with Crippen LogP contribution in [0.2, 0.25) is 0 Å². The van der Waals surface area contributed by atoms with Crippen molar-refractivity contribution < 1.29 is 9.84 Å². The molecule has 3 heteroatoms. The number of aliphatic hydroxyl groups excluding tert-OH is 1. The summed E-state index contributed by atoms with van der Waals surface area (Å²) in [5.41, 5.74) is 0.918. The first kappa shape index (κ1) is 9.67. The van der Waals surface area contributed by atoms with Gasteiger partial charge in [0.15, 0.2) is 0 Å². The van der Waals surface area contributed by atoms with Gasteiger partial charge in [0.1, 0.15) is 11.9 Å². The SMILES string of the molecule is O[C@@H]1CC(C2CC2)Oc2ccc(Br)cc21. The first-order chi connectivity index (χ1) is 7.24. The Morgan fingerprint density at radius 3 is 2.87 bits per heavy atom. The highest BCUT2D eigenvalue weighted by Gasteiger charge is 2.38. The second-order valence-electron chi connectivity index (χ2n) is 4.43. The van der Waals surface area contributed by atoms with Gasteiger partial charge in [-0.1, -0.05) is 15.9 Å². The molecule has 0 aromatic heterocycles. The van der Waals surface area contributed by atoms with Crippen LogP contribution in [-0.4, -0.2) is 11.2 Å². The second kappa shape index (κ2) is 3.49. The van der Waals surface area contributed by atoms with E-state index in [1.54, 1.807) is 0 Å². The third kappa shape index (κ3) is 1.79. The molecule has 1 N–H and O–H groups in total. The van der Waals surface area contributed by atoms with Crippen molar-refractivity contribution in [1.82, 2.24) is 0 Å². The summed E-state index contributed by atoms with van der Waals surface area (Å²) in [7, 11) is 0. The van der Waals surface area contributed by atoms with Crippen LogP contribution in [0.1, 0.15) is 30.9 Å². The molecule has 0 saturated heterocycles. The lowest BCUT2D eigenvalue weighted by atomic mass is 9.97.